The Kier molecular flexibility index (Phi) is 6.61. The van der Waals surface area contributed by atoms with E-state index in [9.17, 15) is 19.7 Å². The van der Waals surface area contributed by atoms with Gasteiger partial charge in [0.05, 0.1) is 16.8 Å². The minimum Gasteiger partial charge on any atom is -0.361 e. The molecule has 0 bridgehead atoms. The Hall–Kier alpha value is -3.79. The number of hydrogen-bond donors (Lipinski definition) is 0. The minimum absolute atomic E-state index is 0.0612. The van der Waals surface area contributed by atoms with Crippen molar-refractivity contribution in [3.63, 3.8) is 0 Å². The molecule has 31 heavy (non-hydrogen) atoms. The van der Waals surface area contributed by atoms with Gasteiger partial charge in [-0.15, -0.1) is 0 Å². The van der Waals surface area contributed by atoms with E-state index in [4.69, 9.17) is 4.74 Å². The summed E-state index contributed by atoms with van der Waals surface area (Å²) in [6.07, 6.45) is 5.93. The largest absolute Gasteiger partial charge is 0.361 e. The van der Waals surface area contributed by atoms with Crippen LogP contribution in [0, 0.1) is 10.1 Å². The molecule has 0 saturated carbocycles. The van der Waals surface area contributed by atoms with Gasteiger partial charge in [0.2, 0.25) is 0 Å². The molecule has 10 nitrogen and oxygen atoms in total. The Morgan fingerprint density at radius 3 is 2.55 bits per heavy atom. The number of aromatic nitrogens is 4. The van der Waals surface area contributed by atoms with E-state index >= 15 is 0 Å². The SMILES string of the molecule is CCCn1c(/C=C/c2cnn(-c3ccccc3)c2)c([N+](=O)[O-])c(=O)n(C(C)OC)c1=O. The van der Waals surface area contributed by atoms with Crippen LogP contribution in [0.1, 0.15) is 37.8 Å². The molecule has 0 amide bonds. The van der Waals surface area contributed by atoms with E-state index in [1.165, 1.54) is 24.7 Å². The van der Waals surface area contributed by atoms with Crippen LogP contribution in [0.4, 0.5) is 5.69 Å². The smallest absolute Gasteiger partial charge is 0.357 e. The van der Waals surface area contributed by atoms with E-state index in [1.54, 1.807) is 23.2 Å². The molecule has 1 unspecified atom stereocenters. The normalized spacial score (nSPS) is 12.4. The first-order chi connectivity index (χ1) is 14.9. The summed E-state index contributed by atoms with van der Waals surface area (Å²) in [5.41, 5.74) is -0.893. The summed E-state index contributed by atoms with van der Waals surface area (Å²) in [5, 5.41) is 16.0. The Bertz CT molecular complexity index is 1220. The lowest BCUT2D eigenvalue weighted by Gasteiger charge is -2.16. The van der Waals surface area contributed by atoms with Gasteiger partial charge < -0.3 is 4.74 Å². The molecule has 0 aliphatic carbocycles. The lowest BCUT2D eigenvalue weighted by atomic mass is 10.2. The molecular weight excluding hydrogens is 402 g/mol. The van der Waals surface area contributed by atoms with Crippen molar-refractivity contribution in [1.82, 2.24) is 18.9 Å². The first kappa shape index (κ1) is 21.9. The van der Waals surface area contributed by atoms with Gasteiger partial charge in [0, 0.05) is 25.4 Å². The number of ether oxygens (including phenoxy) is 1. The molecule has 0 spiro atoms. The topological polar surface area (TPSA) is 114 Å². The third kappa shape index (κ3) is 4.38. The van der Waals surface area contributed by atoms with Crippen molar-refractivity contribution in [3.8, 4) is 5.69 Å². The molecule has 0 aliphatic heterocycles. The lowest BCUT2D eigenvalue weighted by Crippen LogP contribution is -2.44. The maximum absolute atomic E-state index is 12.9. The number of rotatable bonds is 8. The molecule has 3 rings (SSSR count). The summed E-state index contributed by atoms with van der Waals surface area (Å²) in [6, 6.07) is 9.44. The molecule has 0 fully saturated rings. The van der Waals surface area contributed by atoms with Crippen LogP contribution in [0.2, 0.25) is 0 Å². The zero-order valence-electron chi connectivity index (χ0n) is 17.5. The Labute approximate surface area is 177 Å². The summed E-state index contributed by atoms with van der Waals surface area (Å²) in [6.45, 7) is 3.53. The molecule has 10 heteroatoms. The molecule has 0 aliphatic rings. The number of methoxy groups -OCH3 is 1. The van der Waals surface area contributed by atoms with Gasteiger partial charge in [0.15, 0.2) is 0 Å². The minimum atomic E-state index is -1.00. The molecule has 1 aromatic carbocycles. The van der Waals surface area contributed by atoms with E-state index in [2.05, 4.69) is 5.10 Å². The fourth-order valence-corrected chi connectivity index (χ4v) is 3.20. The highest BCUT2D eigenvalue weighted by atomic mass is 16.6. The third-order valence-electron chi connectivity index (χ3n) is 4.78. The van der Waals surface area contributed by atoms with Crippen molar-refractivity contribution in [2.45, 2.75) is 33.0 Å². The van der Waals surface area contributed by atoms with Crippen LogP contribution in [-0.2, 0) is 11.3 Å². The van der Waals surface area contributed by atoms with Crippen molar-refractivity contribution >= 4 is 17.8 Å². The van der Waals surface area contributed by atoms with E-state index in [1.807, 2.05) is 37.3 Å². The molecule has 2 heterocycles. The highest BCUT2D eigenvalue weighted by Crippen LogP contribution is 2.18. The van der Waals surface area contributed by atoms with Gasteiger partial charge in [-0.3, -0.25) is 19.5 Å². The predicted octanol–water partition coefficient (Wildman–Crippen LogP) is 2.85. The summed E-state index contributed by atoms with van der Waals surface area (Å²) >= 11 is 0. The van der Waals surface area contributed by atoms with Gasteiger partial charge in [-0.1, -0.05) is 25.1 Å². The summed E-state index contributed by atoms with van der Waals surface area (Å²) < 4.78 is 8.73. The van der Waals surface area contributed by atoms with Crippen LogP contribution in [0.15, 0.2) is 52.3 Å². The Morgan fingerprint density at radius 2 is 1.94 bits per heavy atom. The number of nitrogens with zero attached hydrogens (tertiary/aromatic N) is 5. The monoisotopic (exact) mass is 425 g/mol. The number of hydrogen-bond acceptors (Lipinski definition) is 6. The van der Waals surface area contributed by atoms with Gasteiger partial charge in [0.25, 0.3) is 0 Å². The maximum atomic E-state index is 12.9. The second kappa shape index (κ2) is 9.35. The van der Waals surface area contributed by atoms with Gasteiger partial charge in [-0.05, 0) is 37.6 Å². The fraction of sp³-hybridized carbons (Fsp3) is 0.286. The van der Waals surface area contributed by atoms with E-state index in [-0.39, 0.29) is 12.2 Å². The second-order valence-corrected chi connectivity index (χ2v) is 6.82. The van der Waals surface area contributed by atoms with Gasteiger partial charge in [-0.2, -0.15) is 5.10 Å². The Balaban J connectivity index is 2.14. The fourth-order valence-electron chi connectivity index (χ4n) is 3.20. The average molecular weight is 425 g/mol. The van der Waals surface area contributed by atoms with Gasteiger partial charge >= 0.3 is 16.9 Å². The quantitative estimate of drug-likeness (QED) is 0.405. The molecule has 1 atom stereocenters. The first-order valence-corrected chi connectivity index (χ1v) is 9.73. The standard InChI is InChI=1S/C21H23N5O5/c1-4-12-23-18(19(26(29)30)20(27)25(21(23)28)15(2)31-3)11-10-16-13-22-24(14-16)17-8-6-5-7-9-17/h5-11,13-15H,4,12H2,1-3H3/b11-10+. The van der Waals surface area contributed by atoms with Crippen molar-refractivity contribution in [2.24, 2.45) is 0 Å². The summed E-state index contributed by atoms with van der Waals surface area (Å²) in [4.78, 5) is 36.7. The summed E-state index contributed by atoms with van der Waals surface area (Å²) in [7, 11) is 1.32. The number of para-hydroxylation sites is 1. The highest BCUT2D eigenvalue weighted by molar-refractivity contribution is 5.71. The summed E-state index contributed by atoms with van der Waals surface area (Å²) in [5.74, 6) is 0. The molecule has 0 N–H and O–H groups in total. The number of benzene rings is 1. The first-order valence-electron chi connectivity index (χ1n) is 9.73. The predicted molar refractivity (Wildman–Crippen MR) is 116 cm³/mol. The van der Waals surface area contributed by atoms with Crippen LogP contribution in [0.25, 0.3) is 17.8 Å². The van der Waals surface area contributed by atoms with E-state index in [0.29, 0.717) is 12.0 Å². The average Bonchev–Trinajstić information content (AvgIpc) is 3.23. The van der Waals surface area contributed by atoms with E-state index in [0.717, 1.165) is 10.3 Å². The van der Waals surface area contributed by atoms with Gasteiger partial charge in [-0.25, -0.2) is 14.0 Å². The molecule has 3 aromatic rings. The van der Waals surface area contributed by atoms with Crippen LogP contribution in [-0.4, -0.2) is 30.9 Å². The van der Waals surface area contributed by atoms with E-state index < -0.39 is 28.1 Å². The van der Waals surface area contributed by atoms with Crippen molar-refractivity contribution < 1.29 is 9.66 Å². The zero-order chi connectivity index (χ0) is 22.5. The Morgan fingerprint density at radius 1 is 1.23 bits per heavy atom. The maximum Gasteiger partial charge on any atom is 0.357 e. The van der Waals surface area contributed by atoms with Crippen LogP contribution in [0.3, 0.4) is 0 Å². The zero-order valence-corrected chi connectivity index (χ0v) is 17.5. The van der Waals surface area contributed by atoms with Crippen molar-refractivity contribution in [3.05, 3.63) is 84.9 Å². The molecule has 0 saturated heterocycles. The lowest BCUT2D eigenvalue weighted by molar-refractivity contribution is -0.387. The molecular formula is C21H23N5O5. The van der Waals surface area contributed by atoms with Crippen molar-refractivity contribution in [2.75, 3.05) is 7.11 Å². The molecule has 162 valence electrons. The van der Waals surface area contributed by atoms with Crippen LogP contribution in [0.5, 0.6) is 0 Å². The van der Waals surface area contributed by atoms with Crippen molar-refractivity contribution in [1.29, 1.82) is 0 Å². The van der Waals surface area contributed by atoms with Crippen LogP contribution < -0.4 is 11.2 Å². The molecule has 2 aromatic heterocycles. The third-order valence-corrected chi connectivity index (χ3v) is 4.78. The second-order valence-electron chi connectivity index (χ2n) is 6.82. The molecule has 0 radical (unpaired) electrons. The van der Waals surface area contributed by atoms with Gasteiger partial charge in [0.1, 0.15) is 11.9 Å². The highest BCUT2D eigenvalue weighted by Gasteiger charge is 2.28. The van der Waals surface area contributed by atoms with Crippen LogP contribution >= 0.6 is 0 Å². The number of nitro groups is 1.